The van der Waals surface area contributed by atoms with E-state index in [4.69, 9.17) is 4.74 Å². The van der Waals surface area contributed by atoms with Gasteiger partial charge < -0.3 is 10.1 Å². The summed E-state index contributed by atoms with van der Waals surface area (Å²) in [5.41, 5.74) is 1.26. The highest BCUT2D eigenvalue weighted by Gasteiger charge is 2.15. The van der Waals surface area contributed by atoms with Crippen LogP contribution in [0.2, 0.25) is 0 Å². The second-order valence-electron chi connectivity index (χ2n) is 5.33. The maximum atomic E-state index is 5.44. The summed E-state index contributed by atoms with van der Waals surface area (Å²) in [6.45, 7) is 10.1. The molecule has 1 aromatic rings. The van der Waals surface area contributed by atoms with Crippen molar-refractivity contribution in [1.82, 2.24) is 5.32 Å². The second-order valence-corrected chi connectivity index (χ2v) is 5.33. The molecule has 2 unspecified atom stereocenters. The van der Waals surface area contributed by atoms with Gasteiger partial charge in [0.15, 0.2) is 0 Å². The Kier molecular flexibility index (Phi) is 6.20. The van der Waals surface area contributed by atoms with Crippen LogP contribution < -0.4 is 10.1 Å². The second kappa shape index (κ2) is 7.42. The molecule has 102 valence electrons. The molecule has 1 aromatic carbocycles. The summed E-state index contributed by atoms with van der Waals surface area (Å²) in [5.74, 6) is 2.38. The van der Waals surface area contributed by atoms with Crippen LogP contribution in [0.5, 0.6) is 5.75 Å². The Labute approximate surface area is 112 Å². The van der Waals surface area contributed by atoms with E-state index in [-0.39, 0.29) is 0 Å². The zero-order valence-corrected chi connectivity index (χ0v) is 12.4. The summed E-state index contributed by atoms with van der Waals surface area (Å²) < 4.78 is 5.44. The molecule has 0 aliphatic carbocycles. The van der Waals surface area contributed by atoms with Crippen molar-refractivity contribution in [3.05, 3.63) is 29.8 Å². The molecular weight excluding hydrogens is 222 g/mol. The molecule has 18 heavy (non-hydrogen) atoms. The minimum Gasteiger partial charge on any atom is -0.496 e. The van der Waals surface area contributed by atoms with E-state index in [0.717, 1.165) is 18.7 Å². The number of rotatable bonds is 7. The Bertz CT molecular complexity index is 349. The summed E-state index contributed by atoms with van der Waals surface area (Å²) in [4.78, 5) is 0. The number of methoxy groups -OCH3 is 1. The van der Waals surface area contributed by atoms with Gasteiger partial charge in [0.2, 0.25) is 0 Å². The summed E-state index contributed by atoms with van der Waals surface area (Å²) >= 11 is 0. The topological polar surface area (TPSA) is 21.3 Å². The lowest BCUT2D eigenvalue weighted by molar-refractivity contribution is 0.356. The average molecular weight is 249 g/mol. The van der Waals surface area contributed by atoms with Gasteiger partial charge in [-0.15, -0.1) is 0 Å². The third kappa shape index (κ3) is 4.02. The first kappa shape index (κ1) is 15.0. The van der Waals surface area contributed by atoms with Gasteiger partial charge in [0, 0.05) is 11.6 Å². The van der Waals surface area contributed by atoms with Crippen molar-refractivity contribution < 1.29 is 4.74 Å². The van der Waals surface area contributed by atoms with Crippen molar-refractivity contribution in [2.24, 2.45) is 11.8 Å². The molecule has 1 rings (SSSR count). The molecule has 0 fully saturated rings. The van der Waals surface area contributed by atoms with Crippen LogP contribution >= 0.6 is 0 Å². The van der Waals surface area contributed by atoms with Crippen LogP contribution in [0, 0.1) is 11.8 Å². The Hall–Kier alpha value is -1.02. The van der Waals surface area contributed by atoms with Crippen LogP contribution in [-0.4, -0.2) is 13.7 Å². The fourth-order valence-corrected chi connectivity index (χ4v) is 1.99. The van der Waals surface area contributed by atoms with Crippen molar-refractivity contribution in [2.75, 3.05) is 13.7 Å². The minimum absolute atomic E-state index is 0.377. The standard InChI is InChI=1S/C16H27NO/c1-6-15(17-11-13(4)12(2)3)14-9-7-8-10-16(14)18-5/h7-10,12-13,15,17H,6,11H2,1-5H3. The number of para-hydroxylation sites is 1. The molecule has 0 aliphatic rings. The van der Waals surface area contributed by atoms with Crippen LogP contribution in [0.25, 0.3) is 0 Å². The molecule has 0 saturated carbocycles. The van der Waals surface area contributed by atoms with Crippen LogP contribution in [0.4, 0.5) is 0 Å². The third-order valence-corrected chi connectivity index (χ3v) is 3.75. The predicted octanol–water partition coefficient (Wildman–Crippen LogP) is 4.03. The smallest absolute Gasteiger partial charge is 0.123 e. The highest BCUT2D eigenvalue weighted by atomic mass is 16.5. The van der Waals surface area contributed by atoms with Crippen molar-refractivity contribution in [2.45, 2.75) is 40.2 Å². The molecule has 0 spiro atoms. The highest BCUT2D eigenvalue weighted by Crippen LogP contribution is 2.27. The molecule has 0 saturated heterocycles. The van der Waals surface area contributed by atoms with Crippen LogP contribution in [0.15, 0.2) is 24.3 Å². The monoisotopic (exact) mass is 249 g/mol. The zero-order valence-electron chi connectivity index (χ0n) is 12.4. The molecule has 0 aromatic heterocycles. The third-order valence-electron chi connectivity index (χ3n) is 3.75. The van der Waals surface area contributed by atoms with Gasteiger partial charge in [-0.3, -0.25) is 0 Å². The molecule has 0 aliphatic heterocycles. The van der Waals surface area contributed by atoms with Crippen molar-refractivity contribution in [1.29, 1.82) is 0 Å². The van der Waals surface area contributed by atoms with Gasteiger partial charge >= 0.3 is 0 Å². The Morgan fingerprint density at radius 2 is 1.83 bits per heavy atom. The SMILES string of the molecule is CCC(NCC(C)C(C)C)c1ccccc1OC. The van der Waals surface area contributed by atoms with Crippen LogP contribution in [-0.2, 0) is 0 Å². The largest absolute Gasteiger partial charge is 0.496 e. The van der Waals surface area contributed by atoms with E-state index in [1.807, 2.05) is 12.1 Å². The number of ether oxygens (including phenoxy) is 1. The Morgan fingerprint density at radius 1 is 1.17 bits per heavy atom. The first-order valence-electron chi connectivity index (χ1n) is 6.96. The van der Waals surface area contributed by atoms with Crippen LogP contribution in [0.1, 0.15) is 45.7 Å². The van der Waals surface area contributed by atoms with E-state index in [2.05, 4.69) is 45.1 Å². The highest BCUT2D eigenvalue weighted by molar-refractivity contribution is 5.35. The summed E-state index contributed by atoms with van der Waals surface area (Å²) in [6.07, 6.45) is 1.07. The van der Waals surface area contributed by atoms with E-state index in [9.17, 15) is 0 Å². The van der Waals surface area contributed by atoms with Gasteiger partial charge in [0.1, 0.15) is 5.75 Å². The van der Waals surface area contributed by atoms with Crippen LogP contribution in [0.3, 0.4) is 0 Å². The van der Waals surface area contributed by atoms with Gasteiger partial charge in [-0.1, -0.05) is 45.9 Å². The predicted molar refractivity (Wildman–Crippen MR) is 78.0 cm³/mol. The molecule has 0 radical (unpaired) electrons. The van der Waals surface area contributed by atoms with E-state index in [1.54, 1.807) is 7.11 Å². The van der Waals surface area contributed by atoms with Crippen molar-refractivity contribution in [3.63, 3.8) is 0 Å². The van der Waals surface area contributed by atoms with Gasteiger partial charge in [0.05, 0.1) is 7.11 Å². The molecule has 0 bridgehead atoms. The number of nitrogens with one attached hydrogen (secondary N) is 1. The Morgan fingerprint density at radius 3 is 2.39 bits per heavy atom. The molecular formula is C16H27NO. The molecule has 2 heteroatoms. The molecule has 0 heterocycles. The fraction of sp³-hybridized carbons (Fsp3) is 0.625. The van der Waals surface area contributed by atoms with Gasteiger partial charge in [-0.25, -0.2) is 0 Å². The Balaban J connectivity index is 2.71. The van der Waals surface area contributed by atoms with E-state index in [1.165, 1.54) is 5.56 Å². The molecule has 0 amide bonds. The number of hydrogen-bond donors (Lipinski definition) is 1. The first-order chi connectivity index (χ1) is 8.60. The lowest BCUT2D eigenvalue weighted by atomic mass is 9.96. The maximum Gasteiger partial charge on any atom is 0.123 e. The average Bonchev–Trinajstić information content (AvgIpc) is 2.39. The van der Waals surface area contributed by atoms with Crippen molar-refractivity contribution in [3.8, 4) is 5.75 Å². The van der Waals surface area contributed by atoms with Gasteiger partial charge in [-0.2, -0.15) is 0 Å². The maximum absolute atomic E-state index is 5.44. The molecule has 2 nitrogen and oxygen atoms in total. The van der Waals surface area contributed by atoms with E-state index >= 15 is 0 Å². The fourth-order valence-electron chi connectivity index (χ4n) is 1.99. The summed E-state index contributed by atoms with van der Waals surface area (Å²) in [7, 11) is 1.74. The first-order valence-corrected chi connectivity index (χ1v) is 6.96. The molecule has 1 N–H and O–H groups in total. The lowest BCUT2D eigenvalue weighted by Gasteiger charge is -2.23. The summed E-state index contributed by atoms with van der Waals surface area (Å²) in [6, 6.07) is 8.66. The number of hydrogen-bond acceptors (Lipinski definition) is 2. The summed E-state index contributed by atoms with van der Waals surface area (Å²) in [5, 5.41) is 3.66. The normalized spacial score (nSPS) is 14.6. The van der Waals surface area contributed by atoms with Gasteiger partial charge in [0.25, 0.3) is 0 Å². The quantitative estimate of drug-likeness (QED) is 0.788. The minimum atomic E-state index is 0.377. The molecule has 2 atom stereocenters. The van der Waals surface area contributed by atoms with Gasteiger partial charge in [-0.05, 0) is 30.9 Å². The lowest BCUT2D eigenvalue weighted by Crippen LogP contribution is -2.28. The van der Waals surface area contributed by atoms with Crippen molar-refractivity contribution >= 4 is 0 Å². The van der Waals surface area contributed by atoms with E-state index < -0.39 is 0 Å². The number of benzene rings is 1. The zero-order chi connectivity index (χ0) is 13.5. The van der Waals surface area contributed by atoms with E-state index in [0.29, 0.717) is 17.9 Å².